The lowest BCUT2D eigenvalue weighted by Crippen LogP contribution is -2.30. The molecule has 0 aliphatic heterocycles. The molecule has 0 spiro atoms. The molecular formula is C11H16N2O2S2. The maximum Gasteiger partial charge on any atom is 0.243 e. The second kappa shape index (κ2) is 5.57. The van der Waals surface area contributed by atoms with Crippen molar-refractivity contribution in [2.75, 3.05) is 13.1 Å². The standard InChI is InChI=1S/C11H16N2O2S2/c1-3-13(4-2)17(14,15)10-7-5-6-9(8-10)11(12)16/h5-8H,3-4H2,1-2H3,(H2,12,16). The Hall–Kier alpha value is -0.980. The van der Waals surface area contributed by atoms with E-state index in [4.69, 9.17) is 18.0 Å². The second-order valence-electron chi connectivity index (χ2n) is 3.48. The zero-order chi connectivity index (χ0) is 13.1. The number of hydrogen-bond donors (Lipinski definition) is 1. The Labute approximate surface area is 107 Å². The normalized spacial score (nSPS) is 11.7. The van der Waals surface area contributed by atoms with Crippen LogP contribution in [-0.2, 0) is 10.0 Å². The van der Waals surface area contributed by atoms with Gasteiger partial charge in [-0.1, -0.05) is 38.2 Å². The molecule has 1 rings (SSSR count). The SMILES string of the molecule is CCN(CC)S(=O)(=O)c1cccc(C(N)=S)c1. The van der Waals surface area contributed by atoms with Crippen LogP contribution >= 0.6 is 12.2 Å². The third-order valence-corrected chi connectivity index (χ3v) is 4.74. The quantitative estimate of drug-likeness (QED) is 0.822. The summed E-state index contributed by atoms with van der Waals surface area (Å²) >= 11 is 4.84. The largest absolute Gasteiger partial charge is 0.389 e. The van der Waals surface area contributed by atoms with Gasteiger partial charge in [0.15, 0.2) is 0 Å². The second-order valence-corrected chi connectivity index (χ2v) is 5.86. The molecule has 17 heavy (non-hydrogen) atoms. The summed E-state index contributed by atoms with van der Waals surface area (Å²) in [7, 11) is -3.44. The molecule has 0 radical (unpaired) electrons. The molecule has 0 saturated carbocycles. The van der Waals surface area contributed by atoms with E-state index in [9.17, 15) is 8.42 Å². The van der Waals surface area contributed by atoms with Crippen LogP contribution in [0.25, 0.3) is 0 Å². The summed E-state index contributed by atoms with van der Waals surface area (Å²) < 4.78 is 25.8. The van der Waals surface area contributed by atoms with Gasteiger partial charge in [0.1, 0.15) is 4.99 Å². The van der Waals surface area contributed by atoms with E-state index in [1.807, 2.05) is 0 Å². The van der Waals surface area contributed by atoms with Crippen molar-refractivity contribution in [3.63, 3.8) is 0 Å². The summed E-state index contributed by atoms with van der Waals surface area (Å²) in [6, 6.07) is 6.40. The van der Waals surface area contributed by atoms with E-state index >= 15 is 0 Å². The van der Waals surface area contributed by atoms with Crippen LogP contribution in [0.4, 0.5) is 0 Å². The Morgan fingerprint density at radius 1 is 1.35 bits per heavy atom. The van der Waals surface area contributed by atoms with Crippen molar-refractivity contribution in [2.45, 2.75) is 18.7 Å². The predicted octanol–water partition coefficient (Wildman–Crippen LogP) is 1.35. The fourth-order valence-corrected chi connectivity index (χ4v) is 3.15. The first-order valence-corrected chi connectivity index (χ1v) is 7.18. The van der Waals surface area contributed by atoms with Gasteiger partial charge < -0.3 is 5.73 Å². The molecule has 1 aromatic carbocycles. The third kappa shape index (κ3) is 3.02. The van der Waals surface area contributed by atoms with E-state index in [1.54, 1.807) is 32.0 Å². The minimum absolute atomic E-state index is 0.196. The number of rotatable bonds is 5. The van der Waals surface area contributed by atoms with Gasteiger partial charge in [-0.15, -0.1) is 0 Å². The fourth-order valence-electron chi connectivity index (χ4n) is 1.52. The Bertz CT molecular complexity index is 508. The van der Waals surface area contributed by atoms with Crippen molar-refractivity contribution < 1.29 is 8.42 Å². The molecule has 0 unspecified atom stereocenters. The number of sulfonamides is 1. The zero-order valence-electron chi connectivity index (χ0n) is 9.88. The number of hydrogen-bond acceptors (Lipinski definition) is 3. The average molecular weight is 272 g/mol. The number of benzene rings is 1. The van der Waals surface area contributed by atoms with E-state index in [2.05, 4.69) is 0 Å². The van der Waals surface area contributed by atoms with Gasteiger partial charge in [0, 0.05) is 18.7 Å². The van der Waals surface area contributed by atoms with E-state index < -0.39 is 10.0 Å². The van der Waals surface area contributed by atoms with Crippen LogP contribution in [-0.4, -0.2) is 30.8 Å². The van der Waals surface area contributed by atoms with Gasteiger partial charge in [0.2, 0.25) is 10.0 Å². The molecule has 4 nitrogen and oxygen atoms in total. The molecule has 1 aromatic rings. The van der Waals surface area contributed by atoms with Gasteiger partial charge in [-0.05, 0) is 12.1 Å². The van der Waals surface area contributed by atoms with E-state index in [1.165, 1.54) is 10.4 Å². The Kier molecular flexibility index (Phi) is 4.62. The van der Waals surface area contributed by atoms with Crippen molar-refractivity contribution in [2.24, 2.45) is 5.73 Å². The predicted molar refractivity (Wildman–Crippen MR) is 72.4 cm³/mol. The average Bonchev–Trinajstić information content (AvgIpc) is 2.30. The summed E-state index contributed by atoms with van der Waals surface area (Å²) in [6.07, 6.45) is 0. The monoisotopic (exact) mass is 272 g/mol. The van der Waals surface area contributed by atoms with Crippen molar-refractivity contribution in [1.29, 1.82) is 0 Å². The van der Waals surface area contributed by atoms with Gasteiger partial charge in [0.25, 0.3) is 0 Å². The molecule has 0 aliphatic rings. The van der Waals surface area contributed by atoms with Crippen LogP contribution in [0.2, 0.25) is 0 Å². The molecule has 0 atom stereocenters. The number of thiocarbonyl (C=S) groups is 1. The van der Waals surface area contributed by atoms with Crippen molar-refractivity contribution in [3.05, 3.63) is 29.8 Å². The van der Waals surface area contributed by atoms with Gasteiger partial charge in [-0.2, -0.15) is 4.31 Å². The highest BCUT2D eigenvalue weighted by molar-refractivity contribution is 7.89. The molecule has 94 valence electrons. The zero-order valence-corrected chi connectivity index (χ0v) is 11.5. The third-order valence-electron chi connectivity index (χ3n) is 2.46. The molecule has 0 aromatic heterocycles. The van der Waals surface area contributed by atoms with Crippen molar-refractivity contribution >= 4 is 27.2 Å². The highest BCUT2D eigenvalue weighted by Crippen LogP contribution is 2.16. The lowest BCUT2D eigenvalue weighted by atomic mass is 10.2. The highest BCUT2D eigenvalue weighted by Gasteiger charge is 2.21. The van der Waals surface area contributed by atoms with Crippen molar-refractivity contribution in [3.8, 4) is 0 Å². The fraction of sp³-hybridized carbons (Fsp3) is 0.364. The van der Waals surface area contributed by atoms with Crippen LogP contribution in [0, 0.1) is 0 Å². The number of nitrogens with two attached hydrogens (primary N) is 1. The molecule has 0 aliphatic carbocycles. The smallest absolute Gasteiger partial charge is 0.243 e. The topological polar surface area (TPSA) is 63.4 Å². The number of nitrogens with zero attached hydrogens (tertiary/aromatic N) is 1. The molecule has 6 heteroatoms. The molecule has 0 saturated heterocycles. The maximum atomic E-state index is 12.2. The Balaban J connectivity index is 3.24. The van der Waals surface area contributed by atoms with Crippen LogP contribution in [0.1, 0.15) is 19.4 Å². The lowest BCUT2D eigenvalue weighted by molar-refractivity contribution is 0.445. The van der Waals surface area contributed by atoms with Gasteiger partial charge in [-0.3, -0.25) is 0 Å². The highest BCUT2D eigenvalue weighted by atomic mass is 32.2. The summed E-state index contributed by atoms with van der Waals surface area (Å²) in [5.41, 5.74) is 6.05. The molecule has 0 heterocycles. The maximum absolute atomic E-state index is 12.2. The summed E-state index contributed by atoms with van der Waals surface area (Å²) in [5.74, 6) is 0. The lowest BCUT2D eigenvalue weighted by Gasteiger charge is -2.18. The van der Waals surface area contributed by atoms with Crippen LogP contribution in [0.15, 0.2) is 29.2 Å². The molecular weight excluding hydrogens is 256 g/mol. The Morgan fingerprint density at radius 2 is 1.94 bits per heavy atom. The van der Waals surface area contributed by atoms with Crippen LogP contribution in [0.5, 0.6) is 0 Å². The van der Waals surface area contributed by atoms with E-state index in [-0.39, 0.29) is 9.88 Å². The first kappa shape index (κ1) is 14.1. The summed E-state index contributed by atoms with van der Waals surface area (Å²) in [6.45, 7) is 4.49. The Morgan fingerprint density at radius 3 is 2.41 bits per heavy atom. The van der Waals surface area contributed by atoms with E-state index in [0.29, 0.717) is 18.7 Å². The molecule has 0 bridgehead atoms. The van der Waals surface area contributed by atoms with Gasteiger partial charge in [0.05, 0.1) is 4.90 Å². The first-order valence-electron chi connectivity index (χ1n) is 5.33. The summed E-state index contributed by atoms with van der Waals surface area (Å²) in [5, 5.41) is 0. The first-order chi connectivity index (χ1) is 7.93. The van der Waals surface area contributed by atoms with Crippen molar-refractivity contribution in [1.82, 2.24) is 4.31 Å². The summed E-state index contributed by atoms with van der Waals surface area (Å²) in [4.78, 5) is 0.424. The molecule has 2 N–H and O–H groups in total. The van der Waals surface area contributed by atoms with Crippen LogP contribution in [0.3, 0.4) is 0 Å². The van der Waals surface area contributed by atoms with Crippen LogP contribution < -0.4 is 5.73 Å². The molecule has 0 amide bonds. The molecule has 0 fully saturated rings. The van der Waals surface area contributed by atoms with E-state index in [0.717, 1.165) is 0 Å². The minimum Gasteiger partial charge on any atom is -0.389 e. The van der Waals surface area contributed by atoms with Gasteiger partial charge in [-0.25, -0.2) is 8.42 Å². The minimum atomic E-state index is -3.44. The van der Waals surface area contributed by atoms with Gasteiger partial charge >= 0.3 is 0 Å².